The van der Waals surface area contributed by atoms with E-state index in [2.05, 4.69) is 5.32 Å². The van der Waals surface area contributed by atoms with Crippen LogP contribution in [0.3, 0.4) is 0 Å². The summed E-state index contributed by atoms with van der Waals surface area (Å²) in [4.78, 5) is 13.3. The molecular formula is C16H16FNOS. The summed E-state index contributed by atoms with van der Waals surface area (Å²) in [6.45, 7) is 3.87. The highest BCUT2D eigenvalue weighted by Crippen LogP contribution is 2.24. The van der Waals surface area contributed by atoms with Gasteiger partial charge in [-0.25, -0.2) is 4.39 Å². The summed E-state index contributed by atoms with van der Waals surface area (Å²) in [6.07, 6.45) is 0. The number of anilines is 1. The van der Waals surface area contributed by atoms with Crippen molar-refractivity contribution in [3.63, 3.8) is 0 Å². The number of hydrogen-bond donors (Lipinski definition) is 1. The first kappa shape index (κ1) is 14.6. The Balaban J connectivity index is 2.26. The van der Waals surface area contributed by atoms with E-state index < -0.39 is 0 Å². The van der Waals surface area contributed by atoms with Crippen LogP contribution in [0.1, 0.15) is 22.8 Å². The van der Waals surface area contributed by atoms with Gasteiger partial charge in [-0.1, -0.05) is 25.1 Å². The van der Waals surface area contributed by atoms with Crippen molar-refractivity contribution in [2.75, 3.05) is 11.1 Å². The lowest BCUT2D eigenvalue weighted by Crippen LogP contribution is -2.14. The molecule has 0 aromatic heterocycles. The van der Waals surface area contributed by atoms with Gasteiger partial charge in [0.25, 0.3) is 5.91 Å². The molecule has 2 aromatic carbocycles. The predicted molar refractivity (Wildman–Crippen MR) is 81.9 cm³/mol. The van der Waals surface area contributed by atoms with E-state index in [1.165, 1.54) is 12.1 Å². The maximum absolute atomic E-state index is 13.2. The van der Waals surface area contributed by atoms with Crippen LogP contribution >= 0.6 is 11.8 Å². The zero-order valence-corrected chi connectivity index (χ0v) is 12.3. The lowest BCUT2D eigenvalue weighted by molar-refractivity contribution is 0.102. The first-order valence-electron chi connectivity index (χ1n) is 6.41. The van der Waals surface area contributed by atoms with Crippen molar-refractivity contribution in [3.8, 4) is 0 Å². The van der Waals surface area contributed by atoms with Crippen LogP contribution in [-0.4, -0.2) is 11.7 Å². The Labute approximate surface area is 122 Å². The van der Waals surface area contributed by atoms with Gasteiger partial charge in [0, 0.05) is 10.6 Å². The van der Waals surface area contributed by atoms with Gasteiger partial charge in [-0.15, -0.1) is 11.8 Å². The van der Waals surface area contributed by atoms with Crippen LogP contribution in [0, 0.1) is 12.7 Å². The van der Waals surface area contributed by atoms with Crippen molar-refractivity contribution in [2.24, 2.45) is 0 Å². The normalized spacial score (nSPS) is 10.3. The molecule has 1 N–H and O–H groups in total. The van der Waals surface area contributed by atoms with Gasteiger partial charge in [-0.2, -0.15) is 0 Å². The van der Waals surface area contributed by atoms with Gasteiger partial charge in [0.15, 0.2) is 0 Å². The molecule has 0 heterocycles. The smallest absolute Gasteiger partial charge is 0.256 e. The van der Waals surface area contributed by atoms with Crippen LogP contribution in [0.2, 0.25) is 0 Å². The zero-order chi connectivity index (χ0) is 14.5. The van der Waals surface area contributed by atoms with Crippen LogP contribution < -0.4 is 5.32 Å². The van der Waals surface area contributed by atoms with Gasteiger partial charge in [0.1, 0.15) is 5.82 Å². The lowest BCUT2D eigenvalue weighted by atomic mass is 10.1. The first-order chi connectivity index (χ1) is 9.61. The molecule has 2 rings (SSSR count). The molecule has 0 unspecified atom stereocenters. The number of nitrogens with one attached hydrogen (secondary N) is 1. The van der Waals surface area contributed by atoms with Crippen LogP contribution in [0.5, 0.6) is 0 Å². The van der Waals surface area contributed by atoms with E-state index in [0.29, 0.717) is 11.3 Å². The van der Waals surface area contributed by atoms with Gasteiger partial charge in [0.05, 0.1) is 5.56 Å². The molecule has 1 amide bonds. The largest absolute Gasteiger partial charge is 0.322 e. The Bertz CT molecular complexity index is 628. The zero-order valence-electron chi connectivity index (χ0n) is 11.4. The second-order valence-electron chi connectivity index (χ2n) is 4.34. The van der Waals surface area contributed by atoms with Gasteiger partial charge in [0.2, 0.25) is 0 Å². The molecule has 0 atom stereocenters. The molecule has 0 saturated heterocycles. The van der Waals surface area contributed by atoms with Crippen molar-refractivity contribution >= 4 is 23.4 Å². The standard InChI is InChI=1S/C16H16FNOS/c1-3-20-15-7-5-4-6-13(15)16(19)18-14-10-12(17)9-8-11(14)2/h4-10H,3H2,1-2H3,(H,18,19). The van der Waals surface area contributed by atoms with Crippen LogP contribution in [-0.2, 0) is 0 Å². The summed E-state index contributed by atoms with van der Waals surface area (Å²) < 4.78 is 13.2. The van der Waals surface area contributed by atoms with E-state index in [0.717, 1.165) is 16.2 Å². The SMILES string of the molecule is CCSc1ccccc1C(=O)Nc1cc(F)ccc1C. The first-order valence-corrected chi connectivity index (χ1v) is 7.39. The number of halogens is 1. The van der Waals surface area contributed by atoms with E-state index in [1.54, 1.807) is 23.9 Å². The number of carbonyl (C=O) groups is 1. The third-order valence-electron chi connectivity index (χ3n) is 2.88. The molecule has 0 bridgehead atoms. The Morgan fingerprint density at radius 3 is 2.75 bits per heavy atom. The molecule has 0 spiro atoms. The van der Waals surface area contributed by atoms with Crippen molar-refractivity contribution in [3.05, 3.63) is 59.4 Å². The quantitative estimate of drug-likeness (QED) is 0.840. The van der Waals surface area contributed by atoms with E-state index >= 15 is 0 Å². The maximum Gasteiger partial charge on any atom is 0.256 e. The summed E-state index contributed by atoms with van der Waals surface area (Å²) >= 11 is 1.61. The number of hydrogen-bond acceptors (Lipinski definition) is 2. The van der Waals surface area contributed by atoms with Gasteiger partial charge >= 0.3 is 0 Å². The Morgan fingerprint density at radius 2 is 2.00 bits per heavy atom. The second kappa shape index (κ2) is 6.57. The highest BCUT2D eigenvalue weighted by atomic mass is 32.2. The minimum absolute atomic E-state index is 0.213. The minimum atomic E-state index is -0.359. The third-order valence-corrected chi connectivity index (χ3v) is 3.84. The highest BCUT2D eigenvalue weighted by molar-refractivity contribution is 7.99. The summed E-state index contributed by atoms with van der Waals surface area (Å²) in [5.74, 6) is 0.320. The Kier molecular flexibility index (Phi) is 4.79. The highest BCUT2D eigenvalue weighted by Gasteiger charge is 2.12. The molecule has 0 radical (unpaired) electrons. The van der Waals surface area contributed by atoms with Gasteiger partial charge in [-0.05, 0) is 42.5 Å². The lowest BCUT2D eigenvalue weighted by Gasteiger charge is -2.11. The molecule has 0 aliphatic heterocycles. The average Bonchev–Trinajstić information content (AvgIpc) is 2.44. The van der Waals surface area contributed by atoms with E-state index in [4.69, 9.17) is 0 Å². The predicted octanol–water partition coefficient (Wildman–Crippen LogP) is 4.50. The van der Waals surface area contributed by atoms with E-state index in [-0.39, 0.29) is 11.7 Å². The Morgan fingerprint density at radius 1 is 1.25 bits per heavy atom. The molecule has 0 aliphatic rings. The van der Waals surface area contributed by atoms with Crippen LogP contribution in [0.25, 0.3) is 0 Å². The fourth-order valence-electron chi connectivity index (χ4n) is 1.85. The maximum atomic E-state index is 13.2. The van der Waals surface area contributed by atoms with Crippen molar-refractivity contribution < 1.29 is 9.18 Å². The van der Waals surface area contributed by atoms with Crippen molar-refractivity contribution in [2.45, 2.75) is 18.7 Å². The summed E-state index contributed by atoms with van der Waals surface area (Å²) in [5, 5.41) is 2.77. The molecule has 2 nitrogen and oxygen atoms in total. The summed E-state index contributed by atoms with van der Waals surface area (Å²) in [6, 6.07) is 11.8. The second-order valence-corrected chi connectivity index (χ2v) is 5.65. The molecule has 20 heavy (non-hydrogen) atoms. The number of amides is 1. The van der Waals surface area contributed by atoms with Crippen molar-refractivity contribution in [1.29, 1.82) is 0 Å². The van der Waals surface area contributed by atoms with E-state index in [1.807, 2.05) is 32.0 Å². The molecule has 104 valence electrons. The van der Waals surface area contributed by atoms with E-state index in [9.17, 15) is 9.18 Å². The summed E-state index contributed by atoms with van der Waals surface area (Å²) in [7, 11) is 0. The number of thioether (sulfide) groups is 1. The van der Waals surface area contributed by atoms with Gasteiger partial charge < -0.3 is 5.32 Å². The number of rotatable bonds is 4. The fourth-order valence-corrected chi connectivity index (χ4v) is 2.66. The monoisotopic (exact) mass is 289 g/mol. The molecule has 2 aromatic rings. The summed E-state index contributed by atoms with van der Waals surface area (Å²) in [5.41, 5.74) is 1.95. The molecule has 0 saturated carbocycles. The Hall–Kier alpha value is -1.81. The van der Waals surface area contributed by atoms with Crippen LogP contribution in [0.4, 0.5) is 10.1 Å². The van der Waals surface area contributed by atoms with Crippen LogP contribution in [0.15, 0.2) is 47.4 Å². The molecule has 0 aliphatic carbocycles. The molecule has 0 fully saturated rings. The topological polar surface area (TPSA) is 29.1 Å². The molecule has 4 heteroatoms. The van der Waals surface area contributed by atoms with Gasteiger partial charge in [-0.3, -0.25) is 4.79 Å². The minimum Gasteiger partial charge on any atom is -0.322 e. The number of carbonyl (C=O) groups excluding carboxylic acids is 1. The number of aryl methyl sites for hydroxylation is 1. The fraction of sp³-hybridized carbons (Fsp3) is 0.188. The third kappa shape index (κ3) is 3.39. The van der Waals surface area contributed by atoms with Crippen molar-refractivity contribution in [1.82, 2.24) is 0 Å². The average molecular weight is 289 g/mol. The number of benzene rings is 2. The molecular weight excluding hydrogens is 273 g/mol.